The van der Waals surface area contributed by atoms with E-state index in [1.54, 1.807) is 16.9 Å². The summed E-state index contributed by atoms with van der Waals surface area (Å²) in [6.45, 7) is 4.72. The number of carbonyl (C=O) groups is 2. The van der Waals surface area contributed by atoms with Crippen molar-refractivity contribution < 1.29 is 19.8 Å². The Hall–Kier alpha value is -1.85. The van der Waals surface area contributed by atoms with Gasteiger partial charge in [0, 0.05) is 12.7 Å². The van der Waals surface area contributed by atoms with Crippen molar-refractivity contribution in [2.24, 2.45) is 5.92 Å². The minimum atomic E-state index is -1.16. The number of aromatic nitrogens is 2. The lowest BCUT2D eigenvalue weighted by Gasteiger charge is -2.07. The van der Waals surface area contributed by atoms with Crippen molar-refractivity contribution in [1.82, 2.24) is 9.78 Å². The van der Waals surface area contributed by atoms with Crippen molar-refractivity contribution in [3.8, 4) is 0 Å². The Morgan fingerprint density at radius 3 is 2.53 bits per heavy atom. The maximum absolute atomic E-state index is 11.0. The number of aliphatic carboxylic acids is 2. The first-order chi connectivity index (χ1) is 7.90. The molecule has 0 aliphatic carbocycles. The molecule has 17 heavy (non-hydrogen) atoms. The monoisotopic (exact) mass is 240 g/mol. The van der Waals surface area contributed by atoms with E-state index < -0.39 is 24.3 Å². The van der Waals surface area contributed by atoms with Gasteiger partial charge in [-0.3, -0.25) is 14.3 Å². The normalized spacial score (nSPS) is 12.6. The Balaban J connectivity index is 2.84. The van der Waals surface area contributed by atoms with Gasteiger partial charge in [0.25, 0.3) is 0 Å². The molecule has 0 bridgehead atoms. The lowest BCUT2D eigenvalue weighted by Crippen LogP contribution is -2.17. The molecule has 0 spiro atoms. The summed E-state index contributed by atoms with van der Waals surface area (Å²) < 4.78 is 1.64. The topological polar surface area (TPSA) is 92.4 Å². The molecule has 94 valence electrons. The zero-order valence-corrected chi connectivity index (χ0v) is 9.83. The van der Waals surface area contributed by atoms with E-state index in [4.69, 9.17) is 10.2 Å². The predicted octanol–water partition coefficient (Wildman–Crippen LogP) is 1.18. The first kappa shape index (κ1) is 13.2. The van der Waals surface area contributed by atoms with Crippen molar-refractivity contribution in [3.05, 3.63) is 18.0 Å². The molecule has 1 rings (SSSR count). The highest BCUT2D eigenvalue weighted by Crippen LogP contribution is 2.18. The molecule has 0 saturated heterocycles. The van der Waals surface area contributed by atoms with Crippen LogP contribution in [0.3, 0.4) is 0 Å². The maximum atomic E-state index is 11.0. The van der Waals surface area contributed by atoms with Gasteiger partial charge >= 0.3 is 11.9 Å². The summed E-state index contributed by atoms with van der Waals surface area (Å²) >= 11 is 0. The number of nitrogens with zero attached hydrogens (tertiary/aromatic N) is 2. The predicted molar refractivity (Wildman–Crippen MR) is 59.7 cm³/mol. The molecule has 1 aromatic heterocycles. The van der Waals surface area contributed by atoms with E-state index in [0.717, 1.165) is 0 Å². The van der Waals surface area contributed by atoms with Crippen LogP contribution < -0.4 is 0 Å². The van der Waals surface area contributed by atoms with Crippen LogP contribution in [0.5, 0.6) is 0 Å². The third-order valence-corrected chi connectivity index (χ3v) is 2.25. The first-order valence-corrected chi connectivity index (χ1v) is 5.38. The SMILES string of the molecule is CC(C)Cn1ccc(C(CC(=O)O)C(=O)O)n1. The molecule has 1 unspecified atom stereocenters. The van der Waals surface area contributed by atoms with Crippen LogP contribution in [-0.2, 0) is 16.1 Å². The third kappa shape index (κ3) is 3.90. The molecule has 2 N–H and O–H groups in total. The van der Waals surface area contributed by atoms with Crippen LogP contribution in [0.15, 0.2) is 12.3 Å². The van der Waals surface area contributed by atoms with Crippen LogP contribution in [0.2, 0.25) is 0 Å². The van der Waals surface area contributed by atoms with Crippen LogP contribution in [0, 0.1) is 5.92 Å². The number of rotatable bonds is 6. The summed E-state index contributed by atoms with van der Waals surface area (Å²) in [5.41, 5.74) is 0.292. The number of carboxylic acids is 2. The summed E-state index contributed by atoms with van der Waals surface area (Å²) in [7, 11) is 0. The highest BCUT2D eigenvalue weighted by molar-refractivity contribution is 5.81. The van der Waals surface area contributed by atoms with Gasteiger partial charge in [-0.1, -0.05) is 13.8 Å². The van der Waals surface area contributed by atoms with Crippen LogP contribution in [0.25, 0.3) is 0 Å². The molecule has 0 aliphatic rings. The third-order valence-electron chi connectivity index (χ3n) is 2.25. The molecule has 0 aromatic carbocycles. The Labute approximate surface area is 98.9 Å². The van der Waals surface area contributed by atoms with E-state index >= 15 is 0 Å². The molecule has 6 heteroatoms. The Bertz CT molecular complexity index is 411. The van der Waals surface area contributed by atoms with Crippen molar-refractivity contribution >= 4 is 11.9 Å². The van der Waals surface area contributed by atoms with E-state index in [9.17, 15) is 9.59 Å². The zero-order valence-electron chi connectivity index (χ0n) is 9.83. The number of hydrogen-bond acceptors (Lipinski definition) is 3. The second-order valence-electron chi connectivity index (χ2n) is 4.35. The van der Waals surface area contributed by atoms with E-state index in [1.165, 1.54) is 0 Å². The molecular formula is C11H16N2O4. The fourth-order valence-corrected chi connectivity index (χ4v) is 1.53. The molecule has 1 aromatic rings. The van der Waals surface area contributed by atoms with Crippen molar-refractivity contribution in [2.45, 2.75) is 32.7 Å². The van der Waals surface area contributed by atoms with Gasteiger partial charge in [-0.15, -0.1) is 0 Å². The number of hydrogen-bond donors (Lipinski definition) is 2. The minimum absolute atomic E-state index is 0.292. The smallest absolute Gasteiger partial charge is 0.313 e. The Morgan fingerprint density at radius 2 is 2.06 bits per heavy atom. The van der Waals surface area contributed by atoms with Gasteiger partial charge in [-0.25, -0.2) is 0 Å². The fourth-order valence-electron chi connectivity index (χ4n) is 1.53. The average molecular weight is 240 g/mol. The van der Waals surface area contributed by atoms with Crippen molar-refractivity contribution in [2.75, 3.05) is 0 Å². The molecule has 0 saturated carbocycles. The van der Waals surface area contributed by atoms with E-state index in [0.29, 0.717) is 18.2 Å². The van der Waals surface area contributed by atoms with Gasteiger partial charge in [-0.2, -0.15) is 5.10 Å². The molecule has 1 atom stereocenters. The van der Waals surface area contributed by atoms with Crippen LogP contribution in [0.4, 0.5) is 0 Å². The largest absolute Gasteiger partial charge is 0.481 e. The molecular weight excluding hydrogens is 224 g/mol. The summed E-state index contributed by atoms with van der Waals surface area (Å²) in [5.74, 6) is -3.00. The molecule has 1 heterocycles. The highest BCUT2D eigenvalue weighted by atomic mass is 16.4. The molecule has 0 fully saturated rings. The zero-order chi connectivity index (χ0) is 13.0. The van der Waals surface area contributed by atoms with Gasteiger partial charge in [-0.05, 0) is 12.0 Å². The molecule has 0 aliphatic heterocycles. The standard InChI is InChI=1S/C11H16N2O4/c1-7(2)6-13-4-3-9(12-13)8(11(16)17)5-10(14)15/h3-4,7-8H,5-6H2,1-2H3,(H,14,15)(H,16,17). The maximum Gasteiger partial charge on any atom is 0.313 e. The van der Waals surface area contributed by atoms with Crippen LogP contribution in [0.1, 0.15) is 31.9 Å². The second-order valence-corrected chi connectivity index (χ2v) is 4.35. The van der Waals surface area contributed by atoms with Gasteiger partial charge in [0.05, 0.1) is 12.1 Å². The van der Waals surface area contributed by atoms with Crippen LogP contribution >= 0.6 is 0 Å². The van der Waals surface area contributed by atoms with Gasteiger partial charge in [0.2, 0.25) is 0 Å². The van der Waals surface area contributed by atoms with Crippen molar-refractivity contribution in [1.29, 1.82) is 0 Å². The van der Waals surface area contributed by atoms with Crippen LogP contribution in [-0.4, -0.2) is 31.9 Å². The average Bonchev–Trinajstić information content (AvgIpc) is 2.60. The van der Waals surface area contributed by atoms with Crippen molar-refractivity contribution in [3.63, 3.8) is 0 Å². The quantitative estimate of drug-likeness (QED) is 0.778. The fraction of sp³-hybridized carbons (Fsp3) is 0.545. The highest BCUT2D eigenvalue weighted by Gasteiger charge is 2.25. The Morgan fingerprint density at radius 1 is 1.41 bits per heavy atom. The van der Waals surface area contributed by atoms with Gasteiger partial charge < -0.3 is 10.2 Å². The summed E-state index contributed by atoms with van der Waals surface area (Å²) in [6.07, 6.45) is 1.22. The van der Waals surface area contributed by atoms with Gasteiger partial charge in [0.15, 0.2) is 0 Å². The summed E-state index contributed by atoms with van der Waals surface area (Å²) in [6, 6.07) is 1.56. The first-order valence-electron chi connectivity index (χ1n) is 5.38. The Kier molecular flexibility index (Phi) is 4.25. The molecule has 0 amide bonds. The summed E-state index contributed by atoms with van der Waals surface area (Å²) in [4.78, 5) is 21.5. The van der Waals surface area contributed by atoms with E-state index in [1.807, 2.05) is 13.8 Å². The second kappa shape index (κ2) is 5.47. The van der Waals surface area contributed by atoms with Gasteiger partial charge in [0.1, 0.15) is 5.92 Å². The lowest BCUT2D eigenvalue weighted by atomic mass is 10.0. The van der Waals surface area contributed by atoms with E-state index in [-0.39, 0.29) is 0 Å². The molecule has 6 nitrogen and oxygen atoms in total. The number of carboxylic acid groups (broad SMARTS) is 2. The molecule has 0 radical (unpaired) electrons. The summed E-state index contributed by atoms with van der Waals surface area (Å²) in [5, 5.41) is 21.7. The minimum Gasteiger partial charge on any atom is -0.481 e. The van der Waals surface area contributed by atoms with E-state index in [2.05, 4.69) is 5.10 Å². The lowest BCUT2D eigenvalue weighted by molar-refractivity contribution is -0.145.